The van der Waals surface area contributed by atoms with Crippen LogP contribution in [0.1, 0.15) is 60.7 Å². The van der Waals surface area contributed by atoms with Gasteiger partial charge in [-0.15, -0.1) is 0 Å². The molecule has 0 N–H and O–H groups in total. The quantitative estimate of drug-likeness (QED) is 0.685. The average Bonchev–Trinajstić information content (AvgIpc) is 2.68. The van der Waals surface area contributed by atoms with Gasteiger partial charge in [0.25, 0.3) is 10.2 Å². The fraction of sp³-hybridized carbons (Fsp3) is 0.522. The van der Waals surface area contributed by atoms with Crippen LogP contribution in [0.3, 0.4) is 0 Å². The summed E-state index contributed by atoms with van der Waals surface area (Å²) in [7, 11) is -3.40. The summed E-state index contributed by atoms with van der Waals surface area (Å²) in [5.41, 5.74) is 5.80. The molecule has 29 heavy (non-hydrogen) atoms. The number of benzene rings is 1. The van der Waals surface area contributed by atoms with Crippen molar-refractivity contribution in [2.24, 2.45) is 0 Å². The molecule has 1 aromatic carbocycles. The summed E-state index contributed by atoms with van der Waals surface area (Å²) in [5, 5.41) is 0. The third-order valence-electron chi connectivity index (χ3n) is 5.68. The Morgan fingerprint density at radius 1 is 1.10 bits per heavy atom. The second-order valence-corrected chi connectivity index (χ2v) is 9.93. The van der Waals surface area contributed by atoms with Gasteiger partial charge in [-0.3, -0.25) is 4.98 Å². The zero-order valence-electron chi connectivity index (χ0n) is 18.1. The van der Waals surface area contributed by atoms with Gasteiger partial charge in [0, 0.05) is 43.5 Å². The van der Waals surface area contributed by atoms with E-state index in [2.05, 4.69) is 43.3 Å². The highest BCUT2D eigenvalue weighted by Gasteiger charge is 2.33. The number of aryl methyl sites for hydroxylation is 2. The van der Waals surface area contributed by atoms with Gasteiger partial charge in [0.1, 0.15) is 0 Å². The Hall–Kier alpha value is -1.76. The van der Waals surface area contributed by atoms with E-state index in [0.717, 1.165) is 30.7 Å². The molecule has 1 atom stereocenters. The van der Waals surface area contributed by atoms with Crippen LogP contribution in [0.25, 0.3) is 0 Å². The van der Waals surface area contributed by atoms with E-state index >= 15 is 0 Å². The molecule has 3 rings (SSSR count). The van der Waals surface area contributed by atoms with Crippen LogP contribution in [-0.2, 0) is 16.6 Å². The maximum Gasteiger partial charge on any atom is 0.281 e. The summed E-state index contributed by atoms with van der Waals surface area (Å²) < 4.78 is 29.1. The lowest BCUT2D eigenvalue weighted by molar-refractivity contribution is 0.285. The van der Waals surface area contributed by atoms with Gasteiger partial charge in [0.15, 0.2) is 0 Å². The van der Waals surface area contributed by atoms with Crippen molar-refractivity contribution < 1.29 is 8.42 Å². The molecule has 0 spiro atoms. The Morgan fingerprint density at radius 2 is 1.86 bits per heavy atom. The van der Waals surface area contributed by atoms with Crippen molar-refractivity contribution >= 4 is 10.2 Å². The van der Waals surface area contributed by atoms with Crippen molar-refractivity contribution in [3.8, 4) is 0 Å². The lowest BCUT2D eigenvalue weighted by Gasteiger charge is -2.35. The van der Waals surface area contributed by atoms with Crippen LogP contribution >= 0.6 is 0 Å². The molecule has 1 fully saturated rings. The minimum absolute atomic E-state index is 0.144. The van der Waals surface area contributed by atoms with Gasteiger partial charge >= 0.3 is 0 Å². The van der Waals surface area contributed by atoms with E-state index in [1.165, 1.54) is 16.7 Å². The maximum absolute atomic E-state index is 13.0. The molecular formula is C23H33N3O2S. The third kappa shape index (κ3) is 5.24. The van der Waals surface area contributed by atoms with Crippen molar-refractivity contribution in [2.45, 2.75) is 52.9 Å². The van der Waals surface area contributed by atoms with Gasteiger partial charge in [0.05, 0.1) is 0 Å². The van der Waals surface area contributed by atoms with E-state index in [0.29, 0.717) is 26.2 Å². The predicted molar refractivity (Wildman–Crippen MR) is 118 cm³/mol. The van der Waals surface area contributed by atoms with E-state index in [-0.39, 0.29) is 5.92 Å². The standard InChI is InChI=1S/C23H33N3O2S/c1-5-25(6-2)29(27,28)26-12-8-11-22(17-26)23-16-21(14-19(4)24-23)15-20-10-7-9-18(3)13-20/h7,9-10,13-14,16,22H,5-6,8,11-12,15,17H2,1-4H3/t22-/m1/s1. The first-order valence-electron chi connectivity index (χ1n) is 10.6. The normalized spacial score (nSPS) is 18.3. The minimum atomic E-state index is -3.40. The molecule has 1 aliphatic rings. The van der Waals surface area contributed by atoms with Crippen LogP contribution in [0.2, 0.25) is 0 Å². The monoisotopic (exact) mass is 415 g/mol. The second-order valence-electron chi connectivity index (χ2n) is 8.00. The molecule has 1 saturated heterocycles. The average molecular weight is 416 g/mol. The predicted octanol–water partition coefficient (Wildman–Crippen LogP) is 4.06. The largest absolute Gasteiger partial charge is 0.281 e. The Labute approximate surface area is 175 Å². The molecule has 2 aromatic rings. The molecule has 2 heterocycles. The second kappa shape index (κ2) is 9.37. The zero-order chi connectivity index (χ0) is 21.0. The van der Waals surface area contributed by atoms with Crippen LogP contribution in [-0.4, -0.2) is 48.2 Å². The third-order valence-corrected chi connectivity index (χ3v) is 7.84. The van der Waals surface area contributed by atoms with Crippen molar-refractivity contribution in [3.63, 3.8) is 0 Å². The molecule has 1 aliphatic heterocycles. The molecule has 0 aliphatic carbocycles. The first-order valence-corrected chi connectivity index (χ1v) is 12.0. The van der Waals surface area contributed by atoms with E-state index in [9.17, 15) is 8.42 Å². The molecule has 0 bridgehead atoms. The van der Waals surface area contributed by atoms with E-state index in [4.69, 9.17) is 4.98 Å². The van der Waals surface area contributed by atoms with E-state index < -0.39 is 10.2 Å². The number of nitrogens with zero attached hydrogens (tertiary/aromatic N) is 3. The van der Waals surface area contributed by atoms with Crippen molar-refractivity contribution in [1.82, 2.24) is 13.6 Å². The van der Waals surface area contributed by atoms with Crippen LogP contribution in [0.5, 0.6) is 0 Å². The first kappa shape index (κ1) is 21.9. The SMILES string of the molecule is CCN(CC)S(=O)(=O)N1CCC[C@@H](c2cc(Cc3cccc(C)c3)cc(C)n2)C1. The van der Waals surface area contributed by atoms with Crippen molar-refractivity contribution in [2.75, 3.05) is 26.2 Å². The summed E-state index contributed by atoms with van der Waals surface area (Å²) >= 11 is 0. The lowest BCUT2D eigenvalue weighted by atomic mass is 9.93. The van der Waals surface area contributed by atoms with E-state index in [1.54, 1.807) is 8.61 Å². The highest BCUT2D eigenvalue weighted by atomic mass is 32.2. The fourth-order valence-electron chi connectivity index (χ4n) is 4.24. The zero-order valence-corrected chi connectivity index (χ0v) is 18.9. The molecule has 0 radical (unpaired) electrons. The Morgan fingerprint density at radius 3 is 2.55 bits per heavy atom. The van der Waals surface area contributed by atoms with Crippen molar-refractivity contribution in [3.05, 3.63) is 64.5 Å². The van der Waals surface area contributed by atoms with Gasteiger partial charge in [-0.25, -0.2) is 0 Å². The number of hydrogen-bond acceptors (Lipinski definition) is 3. The number of rotatable bonds is 7. The lowest BCUT2D eigenvalue weighted by Crippen LogP contribution is -2.47. The van der Waals surface area contributed by atoms with Gasteiger partial charge in [-0.1, -0.05) is 43.7 Å². The number of aromatic nitrogens is 1. The van der Waals surface area contributed by atoms with Crippen LogP contribution in [0.15, 0.2) is 36.4 Å². The van der Waals surface area contributed by atoms with Crippen LogP contribution in [0.4, 0.5) is 0 Å². The fourth-order valence-corrected chi connectivity index (χ4v) is 5.95. The molecule has 0 amide bonds. The molecule has 1 aromatic heterocycles. The van der Waals surface area contributed by atoms with Gasteiger partial charge in [0.2, 0.25) is 0 Å². The van der Waals surface area contributed by atoms with Crippen LogP contribution in [0, 0.1) is 13.8 Å². The Bertz CT molecular complexity index is 939. The molecule has 6 heteroatoms. The summed E-state index contributed by atoms with van der Waals surface area (Å²) in [6.45, 7) is 10.0. The van der Waals surface area contributed by atoms with Gasteiger partial charge in [-0.2, -0.15) is 17.0 Å². The molecule has 0 unspecified atom stereocenters. The van der Waals surface area contributed by atoms with Gasteiger partial charge < -0.3 is 0 Å². The summed E-state index contributed by atoms with van der Waals surface area (Å²) in [4.78, 5) is 4.78. The highest BCUT2D eigenvalue weighted by Crippen LogP contribution is 2.29. The van der Waals surface area contributed by atoms with Crippen LogP contribution < -0.4 is 0 Å². The minimum Gasteiger partial charge on any atom is -0.258 e. The first-order chi connectivity index (χ1) is 13.8. The molecule has 0 saturated carbocycles. The summed E-state index contributed by atoms with van der Waals surface area (Å²) in [6, 6.07) is 12.9. The topological polar surface area (TPSA) is 53.5 Å². The Balaban J connectivity index is 1.82. The summed E-state index contributed by atoms with van der Waals surface area (Å²) in [5.74, 6) is 0.144. The highest BCUT2D eigenvalue weighted by molar-refractivity contribution is 7.86. The number of piperidine rings is 1. The number of pyridine rings is 1. The maximum atomic E-state index is 13.0. The van der Waals surface area contributed by atoms with Gasteiger partial charge in [-0.05, 0) is 56.4 Å². The molecule has 158 valence electrons. The molecule has 5 nitrogen and oxygen atoms in total. The van der Waals surface area contributed by atoms with Crippen molar-refractivity contribution in [1.29, 1.82) is 0 Å². The van der Waals surface area contributed by atoms with E-state index in [1.807, 2.05) is 20.8 Å². The number of hydrogen-bond donors (Lipinski definition) is 0. The Kier molecular flexibility index (Phi) is 7.09. The summed E-state index contributed by atoms with van der Waals surface area (Å²) in [6.07, 6.45) is 2.71. The molecular weight excluding hydrogens is 382 g/mol. The smallest absolute Gasteiger partial charge is 0.258 e.